The Labute approximate surface area is 180 Å². The van der Waals surface area contributed by atoms with E-state index in [9.17, 15) is 9.59 Å². The largest absolute Gasteiger partial charge is 0.335 e. The molecular weight excluding hydrogens is 390 g/mol. The minimum atomic E-state index is -0.352. The first-order valence-electron chi connectivity index (χ1n) is 10.2. The Morgan fingerprint density at radius 2 is 1.71 bits per heavy atom. The number of hydrogen-bond donors (Lipinski definition) is 0. The molecule has 0 N–H and O–H groups in total. The van der Waals surface area contributed by atoms with Crippen molar-refractivity contribution in [2.75, 3.05) is 26.2 Å². The van der Waals surface area contributed by atoms with Crippen LogP contribution in [0.5, 0.6) is 0 Å². The number of rotatable bonds is 4. The van der Waals surface area contributed by atoms with E-state index >= 15 is 0 Å². The molecule has 2 heterocycles. The zero-order chi connectivity index (χ0) is 21.8. The van der Waals surface area contributed by atoms with Crippen molar-refractivity contribution in [1.29, 1.82) is 5.26 Å². The molecule has 0 unspecified atom stereocenters. The number of amides is 1. The number of hydrogen-bond acceptors (Lipinski definition) is 5. The first-order valence-corrected chi connectivity index (χ1v) is 10.2. The highest BCUT2D eigenvalue weighted by Crippen LogP contribution is 2.12. The van der Waals surface area contributed by atoms with Gasteiger partial charge >= 0.3 is 0 Å². The highest BCUT2D eigenvalue weighted by molar-refractivity contribution is 5.92. The second-order valence-corrected chi connectivity index (χ2v) is 7.62. The van der Waals surface area contributed by atoms with Crippen molar-refractivity contribution in [3.05, 3.63) is 93.4 Å². The summed E-state index contributed by atoms with van der Waals surface area (Å²) in [5, 5.41) is 13.3. The van der Waals surface area contributed by atoms with Crippen LogP contribution in [-0.2, 0) is 6.54 Å². The van der Waals surface area contributed by atoms with Gasteiger partial charge in [-0.05, 0) is 36.8 Å². The van der Waals surface area contributed by atoms with Crippen LogP contribution in [0.1, 0.15) is 27.3 Å². The number of para-hydroxylation sites is 1. The second-order valence-electron chi connectivity index (χ2n) is 7.62. The lowest BCUT2D eigenvalue weighted by molar-refractivity contribution is 0.0619. The maximum absolute atomic E-state index is 13.1. The fraction of sp³-hybridized carbons (Fsp3) is 0.250. The second kappa shape index (κ2) is 8.94. The van der Waals surface area contributed by atoms with Crippen LogP contribution < -0.4 is 5.43 Å². The molecule has 156 valence electrons. The van der Waals surface area contributed by atoms with E-state index in [2.05, 4.69) is 16.1 Å². The van der Waals surface area contributed by atoms with Gasteiger partial charge in [-0.2, -0.15) is 10.4 Å². The summed E-state index contributed by atoms with van der Waals surface area (Å²) in [6.07, 6.45) is 0. The lowest BCUT2D eigenvalue weighted by Gasteiger charge is -2.34. The zero-order valence-corrected chi connectivity index (χ0v) is 17.4. The van der Waals surface area contributed by atoms with Crippen LogP contribution in [0.2, 0.25) is 0 Å². The summed E-state index contributed by atoms with van der Waals surface area (Å²) in [6, 6.07) is 20.6. The number of aryl methyl sites for hydroxylation is 1. The molecule has 4 rings (SSSR count). The Balaban J connectivity index is 1.45. The van der Waals surface area contributed by atoms with Gasteiger partial charge in [-0.15, -0.1) is 0 Å². The molecule has 1 aliphatic rings. The fourth-order valence-corrected chi connectivity index (χ4v) is 3.73. The number of carbonyl (C=O) groups excluding carboxylic acids is 1. The van der Waals surface area contributed by atoms with Crippen molar-refractivity contribution in [3.8, 4) is 11.8 Å². The average Bonchev–Trinajstić information content (AvgIpc) is 2.80. The van der Waals surface area contributed by atoms with Crippen molar-refractivity contribution in [3.63, 3.8) is 0 Å². The smallest absolute Gasteiger partial charge is 0.278 e. The third-order valence-corrected chi connectivity index (χ3v) is 5.46. The van der Waals surface area contributed by atoms with Crippen molar-refractivity contribution < 1.29 is 4.79 Å². The van der Waals surface area contributed by atoms with Gasteiger partial charge in [-0.3, -0.25) is 14.5 Å². The molecule has 0 radical (unpaired) electrons. The van der Waals surface area contributed by atoms with E-state index in [4.69, 9.17) is 5.26 Å². The van der Waals surface area contributed by atoms with E-state index < -0.39 is 0 Å². The summed E-state index contributed by atoms with van der Waals surface area (Å²) in [6.45, 7) is 5.06. The Morgan fingerprint density at radius 1 is 1.03 bits per heavy atom. The average molecular weight is 413 g/mol. The number of nitrogens with zero attached hydrogens (tertiary/aromatic N) is 5. The van der Waals surface area contributed by atoms with Crippen molar-refractivity contribution in [1.82, 2.24) is 19.6 Å². The van der Waals surface area contributed by atoms with Crippen LogP contribution in [0.4, 0.5) is 0 Å². The number of benzene rings is 2. The van der Waals surface area contributed by atoms with E-state index in [1.54, 1.807) is 16.5 Å². The summed E-state index contributed by atoms with van der Waals surface area (Å²) in [7, 11) is 0. The van der Waals surface area contributed by atoms with Gasteiger partial charge in [-0.25, -0.2) is 4.68 Å². The molecule has 7 nitrogen and oxygen atoms in total. The lowest BCUT2D eigenvalue weighted by atomic mass is 10.1. The van der Waals surface area contributed by atoms with Crippen molar-refractivity contribution >= 4 is 5.91 Å². The normalized spacial score (nSPS) is 14.3. The number of nitriles is 1. The van der Waals surface area contributed by atoms with Gasteiger partial charge in [0.25, 0.3) is 5.91 Å². The van der Waals surface area contributed by atoms with Gasteiger partial charge in [0.05, 0.1) is 17.3 Å². The summed E-state index contributed by atoms with van der Waals surface area (Å²) >= 11 is 0. The minimum absolute atomic E-state index is 0.0463. The standard InChI is InChI=1S/C24H23N5O2/c1-18-15-22(30)23(26-29(18)21-5-3-2-4-6-21)24(31)28-13-11-27(12-14-28)17-20-9-7-19(16-25)8-10-20/h2-10,15H,11-14,17H2,1H3. The van der Waals surface area contributed by atoms with Crippen LogP contribution in [-0.4, -0.2) is 51.7 Å². The van der Waals surface area contributed by atoms with Crippen LogP contribution in [0, 0.1) is 18.3 Å². The summed E-state index contributed by atoms with van der Waals surface area (Å²) in [4.78, 5) is 29.5. The maximum Gasteiger partial charge on any atom is 0.278 e. The van der Waals surface area contributed by atoms with E-state index in [-0.39, 0.29) is 17.0 Å². The molecule has 1 fully saturated rings. The Morgan fingerprint density at radius 3 is 2.35 bits per heavy atom. The third kappa shape index (κ3) is 4.55. The Kier molecular flexibility index (Phi) is 5.92. The zero-order valence-electron chi connectivity index (χ0n) is 17.4. The van der Waals surface area contributed by atoms with Gasteiger partial charge < -0.3 is 4.90 Å². The molecule has 0 atom stereocenters. The van der Waals surface area contributed by atoms with E-state index in [1.807, 2.05) is 54.6 Å². The van der Waals surface area contributed by atoms with Gasteiger partial charge in [-0.1, -0.05) is 30.3 Å². The van der Waals surface area contributed by atoms with Gasteiger partial charge in [0.1, 0.15) is 0 Å². The van der Waals surface area contributed by atoms with Gasteiger partial charge in [0.2, 0.25) is 5.43 Å². The molecule has 1 aliphatic heterocycles. The first-order chi connectivity index (χ1) is 15.0. The van der Waals surface area contributed by atoms with Gasteiger partial charge in [0.15, 0.2) is 5.69 Å². The van der Waals surface area contributed by atoms with Crippen LogP contribution in [0.25, 0.3) is 5.69 Å². The molecule has 1 amide bonds. The molecule has 1 saturated heterocycles. The Bertz CT molecular complexity index is 1170. The van der Waals surface area contributed by atoms with Gasteiger partial charge in [0, 0.05) is 44.5 Å². The van der Waals surface area contributed by atoms with Crippen LogP contribution in [0.15, 0.2) is 65.5 Å². The molecule has 2 aromatic carbocycles. The molecule has 7 heteroatoms. The monoisotopic (exact) mass is 413 g/mol. The van der Waals surface area contributed by atoms with Crippen LogP contribution >= 0.6 is 0 Å². The summed E-state index contributed by atoms with van der Waals surface area (Å²) in [5.41, 5.74) is 2.86. The quantitative estimate of drug-likeness (QED) is 0.656. The SMILES string of the molecule is Cc1cc(=O)c(C(=O)N2CCN(Cc3ccc(C#N)cc3)CC2)nn1-c1ccccc1. The molecule has 31 heavy (non-hydrogen) atoms. The maximum atomic E-state index is 13.1. The highest BCUT2D eigenvalue weighted by Gasteiger charge is 2.25. The Hall–Kier alpha value is -3.76. The summed E-state index contributed by atoms with van der Waals surface area (Å²) in [5.74, 6) is -0.326. The topological polar surface area (TPSA) is 82.2 Å². The molecule has 3 aromatic rings. The molecule has 0 bridgehead atoms. The minimum Gasteiger partial charge on any atom is -0.335 e. The van der Waals surface area contributed by atoms with Crippen molar-refractivity contribution in [2.45, 2.75) is 13.5 Å². The number of aromatic nitrogens is 2. The summed E-state index contributed by atoms with van der Waals surface area (Å²) < 4.78 is 1.63. The predicted octanol–water partition coefficient (Wildman–Crippen LogP) is 2.37. The fourth-order valence-electron chi connectivity index (χ4n) is 3.73. The van der Waals surface area contributed by atoms with E-state index in [0.29, 0.717) is 37.4 Å². The van der Waals surface area contributed by atoms with E-state index in [1.165, 1.54) is 6.07 Å². The highest BCUT2D eigenvalue weighted by atomic mass is 16.2. The van der Waals surface area contributed by atoms with Crippen LogP contribution in [0.3, 0.4) is 0 Å². The molecule has 1 aromatic heterocycles. The lowest BCUT2D eigenvalue weighted by Crippen LogP contribution is -2.49. The third-order valence-electron chi connectivity index (χ3n) is 5.46. The first kappa shape index (κ1) is 20.5. The molecule has 0 spiro atoms. The van der Waals surface area contributed by atoms with E-state index in [0.717, 1.165) is 17.8 Å². The predicted molar refractivity (Wildman–Crippen MR) is 117 cm³/mol. The molecule has 0 saturated carbocycles. The van der Waals surface area contributed by atoms with Crippen molar-refractivity contribution in [2.24, 2.45) is 0 Å². The molecule has 0 aliphatic carbocycles. The number of piperazine rings is 1. The molecular formula is C24H23N5O2. The number of carbonyl (C=O) groups is 1.